The lowest BCUT2D eigenvalue weighted by Gasteiger charge is -2.27. The number of aryl methyl sites for hydroxylation is 3. The molecule has 0 saturated heterocycles. The third kappa shape index (κ3) is 13.3. The number of nitrogens with zero attached hydrogens (tertiary/aromatic N) is 3. The van der Waals surface area contributed by atoms with Crippen LogP contribution < -0.4 is 16.0 Å². The van der Waals surface area contributed by atoms with Crippen molar-refractivity contribution in [2.75, 3.05) is 19.8 Å². The molecule has 84 heavy (non-hydrogen) atoms. The molecule has 15 heteroatoms. The van der Waals surface area contributed by atoms with Crippen LogP contribution in [0.15, 0.2) is 109 Å². The van der Waals surface area contributed by atoms with E-state index in [4.69, 9.17) is 29.2 Å². The topological polar surface area (TPSA) is 154 Å². The minimum Gasteiger partial charge on any atom is -0.373 e. The number of rotatable bonds is 18. The van der Waals surface area contributed by atoms with Gasteiger partial charge in [0, 0.05) is 50.5 Å². The second-order valence-electron chi connectivity index (χ2n) is 25.3. The predicted molar refractivity (Wildman–Crippen MR) is 310 cm³/mol. The van der Waals surface area contributed by atoms with Gasteiger partial charge < -0.3 is 30.2 Å². The van der Waals surface area contributed by atoms with Crippen LogP contribution in [0.25, 0.3) is 0 Å². The molecular formula is C69H75F3N6O6. The summed E-state index contributed by atoms with van der Waals surface area (Å²) in [5, 5.41) is 9.39. The molecule has 438 valence electrons. The molecule has 3 atom stereocenters. The molecule has 3 amide bonds. The van der Waals surface area contributed by atoms with E-state index in [1.54, 1.807) is 0 Å². The number of ether oxygens (including phenoxy) is 3. The number of carbonyl (C=O) groups excluding carboxylic acids is 3. The molecular weight excluding hydrogens is 1070 g/mol. The van der Waals surface area contributed by atoms with Gasteiger partial charge in [-0.3, -0.25) is 29.3 Å². The van der Waals surface area contributed by atoms with E-state index < -0.39 is 0 Å². The molecule has 6 saturated carbocycles. The first-order chi connectivity index (χ1) is 40.9. The fourth-order valence-corrected chi connectivity index (χ4v) is 12.2. The zero-order valence-electron chi connectivity index (χ0n) is 47.8. The summed E-state index contributed by atoms with van der Waals surface area (Å²) in [7, 11) is 0. The fourth-order valence-electron chi connectivity index (χ4n) is 12.2. The van der Waals surface area contributed by atoms with Gasteiger partial charge in [-0.2, -0.15) is 0 Å². The Labute approximate surface area is 489 Å². The van der Waals surface area contributed by atoms with E-state index in [2.05, 4.69) is 52.3 Å². The molecule has 0 radical (unpaired) electrons. The van der Waals surface area contributed by atoms with Crippen molar-refractivity contribution in [2.45, 2.75) is 170 Å². The van der Waals surface area contributed by atoms with Crippen molar-refractivity contribution in [2.24, 2.45) is 17.8 Å². The van der Waals surface area contributed by atoms with Crippen molar-refractivity contribution in [3.8, 4) is 0 Å². The zero-order valence-corrected chi connectivity index (χ0v) is 47.8. The number of benzene rings is 3. The first kappa shape index (κ1) is 56.3. The molecule has 3 heterocycles. The van der Waals surface area contributed by atoms with Crippen molar-refractivity contribution < 1.29 is 41.8 Å². The van der Waals surface area contributed by atoms with Gasteiger partial charge in [0.2, 0.25) is 0 Å². The Balaban J connectivity index is 0.000000118. The fraction of sp³-hybridized carbons (Fsp3) is 0.478. The lowest BCUT2D eigenvalue weighted by Crippen LogP contribution is -2.36. The number of pyridine rings is 3. The smallest absolute Gasteiger partial charge is 0.252 e. The monoisotopic (exact) mass is 1140 g/mol. The standard InChI is InChI=1S/3C23H25FN2O2/c3*24-17-8-6-16(7-9-17)22(27)26-23(12-13-23)21-11-10-18-19(25-21)2-1-3-20(18)28-14-15-4-5-15/h3*6-11,15,20H,1-5,12-14H2,(H,26,27). The molecule has 0 spiro atoms. The Morgan fingerprint density at radius 3 is 0.881 bits per heavy atom. The minimum absolute atomic E-state index is 0.162. The quantitative estimate of drug-likeness (QED) is 0.0763. The van der Waals surface area contributed by atoms with Crippen molar-refractivity contribution in [3.63, 3.8) is 0 Å². The normalized spacial score (nSPS) is 22.4. The van der Waals surface area contributed by atoms with Crippen LogP contribution in [0.1, 0.15) is 216 Å². The Morgan fingerprint density at radius 1 is 0.381 bits per heavy atom. The SMILES string of the molecule is O=C(NC1(c2ccc3c(n2)CCCC3OCC2CC2)CC1)c1ccc(F)cc1.O=C(NC1(c2ccc3c(n2)CCCC3OCC2CC2)CC1)c1ccc(F)cc1.O=C(NC1(c2ccc3c(n2)CCCC3OCC2CC2)CC1)c1ccc(F)cc1. The predicted octanol–water partition coefficient (Wildman–Crippen LogP) is 13.3. The molecule has 15 rings (SSSR count). The van der Waals surface area contributed by atoms with E-state index in [1.807, 2.05) is 0 Å². The molecule has 9 aliphatic carbocycles. The molecule has 3 aromatic carbocycles. The van der Waals surface area contributed by atoms with Crippen LogP contribution in [0.2, 0.25) is 0 Å². The van der Waals surface area contributed by atoms with Gasteiger partial charge in [-0.1, -0.05) is 18.2 Å². The Bertz CT molecular complexity index is 3020. The lowest BCUT2D eigenvalue weighted by molar-refractivity contribution is 0.0331. The van der Waals surface area contributed by atoms with Crippen molar-refractivity contribution in [3.05, 3.63) is 194 Å². The number of fused-ring (bicyclic) bond motifs is 3. The number of hydrogen-bond donors (Lipinski definition) is 3. The number of amides is 3. The van der Waals surface area contributed by atoms with E-state index in [1.165, 1.54) is 128 Å². The first-order valence-corrected chi connectivity index (χ1v) is 31.0. The van der Waals surface area contributed by atoms with Gasteiger partial charge >= 0.3 is 0 Å². The van der Waals surface area contributed by atoms with E-state index >= 15 is 0 Å². The van der Waals surface area contributed by atoms with Gasteiger partial charge in [0.1, 0.15) is 17.5 Å². The highest BCUT2D eigenvalue weighted by atomic mass is 19.1. The molecule has 0 bridgehead atoms. The van der Waals surface area contributed by atoms with Crippen molar-refractivity contribution in [1.29, 1.82) is 0 Å². The number of hydrogen-bond acceptors (Lipinski definition) is 9. The minimum atomic E-state index is -0.387. The zero-order chi connectivity index (χ0) is 57.4. The summed E-state index contributed by atoms with van der Waals surface area (Å²) < 4.78 is 57.8. The van der Waals surface area contributed by atoms with Crippen LogP contribution in [-0.4, -0.2) is 52.5 Å². The van der Waals surface area contributed by atoms with E-state index in [0.29, 0.717) is 16.7 Å². The Kier molecular flexibility index (Phi) is 16.0. The summed E-state index contributed by atoms with van der Waals surface area (Å²) in [5.74, 6) is 0.720. The van der Waals surface area contributed by atoms with Gasteiger partial charge in [-0.05, 0) is 244 Å². The largest absolute Gasteiger partial charge is 0.373 e. The van der Waals surface area contributed by atoms with Gasteiger partial charge in [0.25, 0.3) is 17.7 Å². The maximum absolute atomic E-state index is 13.1. The highest BCUT2D eigenvalue weighted by Crippen LogP contribution is 2.49. The van der Waals surface area contributed by atoms with Crippen LogP contribution >= 0.6 is 0 Å². The number of aromatic nitrogens is 3. The lowest BCUT2D eigenvalue weighted by atomic mass is 9.92. The summed E-state index contributed by atoms with van der Waals surface area (Å²) in [6, 6.07) is 29.6. The summed E-state index contributed by atoms with van der Waals surface area (Å²) in [6.07, 6.45) is 22.9. The number of carbonyl (C=O) groups is 3. The first-order valence-electron chi connectivity index (χ1n) is 31.0. The number of nitrogens with one attached hydrogen (secondary N) is 3. The molecule has 3 N–H and O–H groups in total. The van der Waals surface area contributed by atoms with Crippen LogP contribution in [0.5, 0.6) is 0 Å². The molecule has 0 aliphatic heterocycles. The van der Waals surface area contributed by atoms with Crippen molar-refractivity contribution in [1.82, 2.24) is 30.9 Å². The average Bonchev–Trinajstić information content (AvgIpc) is 3.41. The highest BCUT2D eigenvalue weighted by molar-refractivity contribution is 5.96. The summed E-state index contributed by atoms with van der Waals surface area (Å²) >= 11 is 0. The third-order valence-corrected chi connectivity index (χ3v) is 18.5. The molecule has 6 fully saturated rings. The highest BCUT2D eigenvalue weighted by Gasteiger charge is 2.50. The van der Waals surface area contributed by atoms with E-state index in [-0.39, 0.29) is 70.1 Å². The van der Waals surface area contributed by atoms with E-state index in [0.717, 1.165) is 168 Å². The van der Waals surface area contributed by atoms with Crippen molar-refractivity contribution >= 4 is 17.7 Å². The van der Waals surface area contributed by atoms with Gasteiger partial charge in [-0.15, -0.1) is 0 Å². The Hall–Kier alpha value is -6.81. The molecule has 9 aliphatic rings. The molecule has 6 aromatic rings. The molecule has 3 unspecified atom stereocenters. The third-order valence-electron chi connectivity index (χ3n) is 18.5. The summed E-state index contributed by atoms with van der Waals surface area (Å²) in [6.45, 7) is 2.59. The van der Waals surface area contributed by atoms with Gasteiger partial charge in [-0.25, -0.2) is 13.2 Å². The average molecular weight is 1140 g/mol. The second-order valence-corrected chi connectivity index (χ2v) is 25.3. The van der Waals surface area contributed by atoms with Crippen LogP contribution in [-0.2, 0) is 50.1 Å². The van der Waals surface area contributed by atoms with Crippen LogP contribution in [0, 0.1) is 35.2 Å². The number of halogens is 3. The molecule has 12 nitrogen and oxygen atoms in total. The van der Waals surface area contributed by atoms with Crippen LogP contribution in [0.4, 0.5) is 13.2 Å². The maximum atomic E-state index is 13.1. The second kappa shape index (κ2) is 23.9. The Morgan fingerprint density at radius 2 is 0.643 bits per heavy atom. The maximum Gasteiger partial charge on any atom is 0.252 e. The summed E-state index contributed by atoms with van der Waals surface area (Å²) in [4.78, 5) is 52.6. The van der Waals surface area contributed by atoms with Gasteiger partial charge in [0.15, 0.2) is 0 Å². The van der Waals surface area contributed by atoms with E-state index in [9.17, 15) is 27.6 Å². The van der Waals surface area contributed by atoms with Gasteiger partial charge in [0.05, 0.1) is 71.8 Å². The molecule has 3 aromatic heterocycles. The summed E-state index contributed by atoms with van der Waals surface area (Å²) in [5.41, 5.74) is 10.1. The van der Waals surface area contributed by atoms with Crippen LogP contribution in [0.3, 0.4) is 0 Å².